The van der Waals surface area contributed by atoms with Crippen molar-refractivity contribution in [2.45, 2.75) is 18.9 Å². The Morgan fingerprint density at radius 2 is 1.78 bits per heavy atom. The lowest BCUT2D eigenvalue weighted by molar-refractivity contribution is -0.135. The smallest absolute Gasteiger partial charge is 0.323 e. The first-order chi connectivity index (χ1) is 13.0. The van der Waals surface area contributed by atoms with Gasteiger partial charge in [0.1, 0.15) is 6.54 Å². The summed E-state index contributed by atoms with van der Waals surface area (Å²) in [5.41, 5.74) is 1.51. The number of hydrogen-bond donors (Lipinski definition) is 3. The third-order valence-electron chi connectivity index (χ3n) is 5.36. The maximum atomic E-state index is 12.5. The fourth-order valence-electron chi connectivity index (χ4n) is 3.76. The van der Waals surface area contributed by atoms with E-state index in [2.05, 4.69) is 15.5 Å². The molecule has 2 aliphatic rings. The largest absolute Gasteiger partial charge is 0.480 e. The van der Waals surface area contributed by atoms with Gasteiger partial charge in [-0.1, -0.05) is 0 Å². The van der Waals surface area contributed by atoms with Gasteiger partial charge in [0.05, 0.1) is 0 Å². The zero-order valence-corrected chi connectivity index (χ0v) is 15.9. The molecule has 148 valence electrons. The molecule has 0 saturated carbocycles. The molecule has 2 aliphatic heterocycles. The maximum Gasteiger partial charge on any atom is 0.323 e. The van der Waals surface area contributed by atoms with E-state index >= 15 is 0 Å². The highest BCUT2D eigenvalue weighted by molar-refractivity contribution is 5.89. The Kier molecular flexibility index (Phi) is 6.52. The minimum Gasteiger partial charge on any atom is -0.480 e. The zero-order valence-electron chi connectivity index (χ0n) is 15.9. The number of urea groups is 1. The predicted octanol–water partition coefficient (Wildman–Crippen LogP) is 1.11. The molecule has 0 bridgehead atoms. The van der Waals surface area contributed by atoms with E-state index < -0.39 is 5.97 Å². The molecule has 1 aromatic carbocycles. The van der Waals surface area contributed by atoms with E-state index in [1.54, 1.807) is 24.1 Å². The number of nitrogens with one attached hydrogen (secondary N) is 2. The lowest BCUT2D eigenvalue weighted by atomic mass is 10.0. The van der Waals surface area contributed by atoms with E-state index in [4.69, 9.17) is 5.11 Å². The van der Waals surface area contributed by atoms with Crippen LogP contribution in [0, 0.1) is 0 Å². The first kappa shape index (κ1) is 19.4. The molecular formula is C19H29N5O3. The number of carbonyl (C=O) groups is 2. The van der Waals surface area contributed by atoms with E-state index in [0.29, 0.717) is 11.7 Å². The molecule has 8 heteroatoms. The number of carbonyl (C=O) groups excluding carboxylic acids is 1. The van der Waals surface area contributed by atoms with Crippen LogP contribution in [0.25, 0.3) is 0 Å². The van der Waals surface area contributed by atoms with Crippen LogP contribution in [0.1, 0.15) is 12.8 Å². The number of anilines is 2. The van der Waals surface area contributed by atoms with Gasteiger partial charge >= 0.3 is 12.0 Å². The van der Waals surface area contributed by atoms with Gasteiger partial charge in [0.2, 0.25) is 0 Å². The summed E-state index contributed by atoms with van der Waals surface area (Å²) < 4.78 is 0. The SMILES string of the molecule is CN(CC(=O)O)c1ccc(NC(=O)N2CCN(C3CCNCC3)CC2)cc1. The molecule has 2 fully saturated rings. The molecule has 0 atom stereocenters. The van der Waals surface area contributed by atoms with E-state index in [9.17, 15) is 9.59 Å². The lowest BCUT2D eigenvalue weighted by Gasteiger charge is -2.40. The molecule has 3 N–H and O–H groups in total. The number of piperidine rings is 1. The van der Waals surface area contributed by atoms with Crippen LogP contribution in [-0.4, -0.2) is 85.8 Å². The number of hydrogen-bond acceptors (Lipinski definition) is 5. The predicted molar refractivity (Wildman–Crippen MR) is 105 cm³/mol. The zero-order chi connectivity index (χ0) is 19.2. The second-order valence-electron chi connectivity index (χ2n) is 7.23. The number of likely N-dealkylation sites (N-methyl/N-ethyl adjacent to an activating group) is 1. The fraction of sp³-hybridized carbons (Fsp3) is 0.579. The second kappa shape index (κ2) is 9.05. The Morgan fingerprint density at radius 3 is 2.37 bits per heavy atom. The Hall–Kier alpha value is -2.32. The van der Waals surface area contributed by atoms with Crippen molar-refractivity contribution in [1.82, 2.24) is 15.1 Å². The number of benzene rings is 1. The molecule has 0 unspecified atom stereocenters. The summed E-state index contributed by atoms with van der Waals surface area (Å²) in [6, 6.07) is 7.80. The van der Waals surface area contributed by atoms with Gasteiger partial charge in [0.25, 0.3) is 0 Å². The van der Waals surface area contributed by atoms with Crippen molar-refractivity contribution in [3.63, 3.8) is 0 Å². The highest BCUT2D eigenvalue weighted by Crippen LogP contribution is 2.18. The molecule has 3 rings (SSSR count). The summed E-state index contributed by atoms with van der Waals surface area (Å²) in [5, 5.41) is 15.2. The van der Waals surface area contributed by atoms with Crippen molar-refractivity contribution >= 4 is 23.4 Å². The van der Waals surface area contributed by atoms with Crippen LogP contribution in [0.2, 0.25) is 0 Å². The Balaban J connectivity index is 1.47. The van der Waals surface area contributed by atoms with Gasteiger partial charge in [-0.25, -0.2) is 4.79 Å². The topological polar surface area (TPSA) is 88.2 Å². The number of carboxylic acids is 1. The molecule has 0 radical (unpaired) electrons. The second-order valence-corrected chi connectivity index (χ2v) is 7.23. The fourth-order valence-corrected chi connectivity index (χ4v) is 3.76. The molecule has 0 spiro atoms. The van der Waals surface area contributed by atoms with Crippen LogP contribution in [0.15, 0.2) is 24.3 Å². The van der Waals surface area contributed by atoms with Gasteiger partial charge in [0, 0.05) is 50.6 Å². The number of carboxylic acid groups (broad SMARTS) is 1. The summed E-state index contributed by atoms with van der Waals surface area (Å²) in [7, 11) is 1.73. The summed E-state index contributed by atoms with van der Waals surface area (Å²) in [4.78, 5) is 29.3. The summed E-state index contributed by atoms with van der Waals surface area (Å²) >= 11 is 0. The number of nitrogens with zero attached hydrogens (tertiary/aromatic N) is 3. The highest BCUT2D eigenvalue weighted by atomic mass is 16.4. The van der Waals surface area contributed by atoms with E-state index in [-0.39, 0.29) is 12.6 Å². The van der Waals surface area contributed by atoms with Crippen LogP contribution >= 0.6 is 0 Å². The van der Waals surface area contributed by atoms with Crippen molar-refractivity contribution < 1.29 is 14.7 Å². The van der Waals surface area contributed by atoms with E-state index in [1.165, 1.54) is 12.8 Å². The standard InChI is InChI=1S/C19H29N5O3/c1-22(14-18(25)26)16-4-2-15(3-5-16)21-19(27)24-12-10-23(11-13-24)17-6-8-20-9-7-17/h2-5,17,20H,6-14H2,1H3,(H,21,27)(H,25,26). The van der Waals surface area contributed by atoms with Gasteiger partial charge in [-0.2, -0.15) is 0 Å². The monoisotopic (exact) mass is 375 g/mol. The third-order valence-corrected chi connectivity index (χ3v) is 5.36. The molecule has 0 aromatic heterocycles. The van der Waals surface area contributed by atoms with Crippen LogP contribution in [0.4, 0.5) is 16.2 Å². The van der Waals surface area contributed by atoms with E-state index in [0.717, 1.165) is 45.0 Å². The van der Waals surface area contributed by atoms with Gasteiger partial charge < -0.3 is 25.5 Å². The lowest BCUT2D eigenvalue weighted by Crippen LogP contribution is -2.54. The van der Waals surface area contributed by atoms with Gasteiger partial charge in [0.15, 0.2) is 0 Å². The average molecular weight is 375 g/mol. The summed E-state index contributed by atoms with van der Waals surface area (Å²) in [6.07, 6.45) is 2.38. The first-order valence-electron chi connectivity index (χ1n) is 9.56. The summed E-state index contributed by atoms with van der Waals surface area (Å²) in [5.74, 6) is -0.876. The van der Waals surface area contributed by atoms with Crippen LogP contribution in [-0.2, 0) is 4.79 Å². The van der Waals surface area contributed by atoms with Crippen molar-refractivity contribution in [2.75, 3.05) is 63.1 Å². The quantitative estimate of drug-likeness (QED) is 0.715. The normalized spacial score (nSPS) is 18.9. The molecular weight excluding hydrogens is 346 g/mol. The Morgan fingerprint density at radius 1 is 1.15 bits per heavy atom. The van der Waals surface area contributed by atoms with Gasteiger partial charge in [-0.15, -0.1) is 0 Å². The molecule has 0 aliphatic carbocycles. The van der Waals surface area contributed by atoms with Crippen molar-refractivity contribution in [2.24, 2.45) is 0 Å². The molecule has 2 heterocycles. The van der Waals surface area contributed by atoms with Crippen molar-refractivity contribution in [3.8, 4) is 0 Å². The van der Waals surface area contributed by atoms with Crippen molar-refractivity contribution in [3.05, 3.63) is 24.3 Å². The summed E-state index contributed by atoms with van der Waals surface area (Å²) in [6.45, 7) is 5.46. The van der Waals surface area contributed by atoms with Crippen LogP contribution in [0.5, 0.6) is 0 Å². The number of amides is 2. The number of aliphatic carboxylic acids is 1. The number of rotatable bonds is 5. The molecule has 2 amide bonds. The van der Waals surface area contributed by atoms with Gasteiger partial charge in [-0.05, 0) is 50.2 Å². The first-order valence-corrected chi connectivity index (χ1v) is 9.56. The average Bonchev–Trinajstić information content (AvgIpc) is 2.69. The van der Waals surface area contributed by atoms with Crippen molar-refractivity contribution in [1.29, 1.82) is 0 Å². The minimum absolute atomic E-state index is 0.0625. The molecule has 2 saturated heterocycles. The van der Waals surface area contributed by atoms with Crippen LogP contribution in [0.3, 0.4) is 0 Å². The third kappa shape index (κ3) is 5.33. The molecule has 27 heavy (non-hydrogen) atoms. The maximum absolute atomic E-state index is 12.5. The Labute approximate surface area is 160 Å². The molecule has 1 aromatic rings. The Bertz CT molecular complexity index is 637. The van der Waals surface area contributed by atoms with Gasteiger partial charge in [-0.3, -0.25) is 9.69 Å². The minimum atomic E-state index is -0.876. The molecule has 8 nitrogen and oxygen atoms in total. The number of piperazine rings is 1. The highest BCUT2D eigenvalue weighted by Gasteiger charge is 2.26. The van der Waals surface area contributed by atoms with E-state index in [1.807, 2.05) is 17.0 Å². The van der Waals surface area contributed by atoms with Crippen LogP contribution < -0.4 is 15.5 Å².